The number of aryl methyl sites for hydroxylation is 1. The van der Waals surface area contributed by atoms with Gasteiger partial charge in [0.25, 0.3) is 0 Å². The molecule has 0 saturated heterocycles. The van der Waals surface area contributed by atoms with E-state index in [2.05, 4.69) is 0 Å². The summed E-state index contributed by atoms with van der Waals surface area (Å²) in [7, 11) is 0. The van der Waals surface area contributed by atoms with Gasteiger partial charge in [-0.3, -0.25) is 19.2 Å². The van der Waals surface area contributed by atoms with Crippen molar-refractivity contribution in [2.45, 2.75) is 65.7 Å². The van der Waals surface area contributed by atoms with E-state index >= 15 is 0 Å². The van der Waals surface area contributed by atoms with E-state index in [1.165, 1.54) is 0 Å². The smallest absolute Gasteiger partial charge is 0.311 e. The van der Waals surface area contributed by atoms with Crippen LogP contribution >= 0.6 is 0 Å². The van der Waals surface area contributed by atoms with Crippen LogP contribution in [0.2, 0.25) is 0 Å². The first kappa shape index (κ1) is 25.3. The van der Waals surface area contributed by atoms with Gasteiger partial charge in [-0.25, -0.2) is 0 Å². The lowest BCUT2D eigenvalue weighted by atomic mass is 9.76. The second kappa shape index (κ2) is 10.9. The Morgan fingerprint density at radius 1 is 0.667 bits per heavy atom. The molecule has 0 saturated carbocycles. The van der Waals surface area contributed by atoms with Crippen LogP contribution in [0.1, 0.15) is 96.7 Å². The van der Waals surface area contributed by atoms with Gasteiger partial charge < -0.3 is 9.47 Å². The molecule has 2 aromatic rings. The van der Waals surface area contributed by atoms with Gasteiger partial charge in [-0.1, -0.05) is 70.0 Å². The van der Waals surface area contributed by atoms with Crippen LogP contribution in [0, 0.1) is 0 Å². The summed E-state index contributed by atoms with van der Waals surface area (Å²) in [5.41, 5.74) is 2.27. The molecule has 4 rings (SSSR count). The van der Waals surface area contributed by atoms with Crippen LogP contribution in [0.3, 0.4) is 0 Å². The lowest BCUT2D eigenvalue weighted by Crippen LogP contribution is -2.29. The van der Waals surface area contributed by atoms with Crippen LogP contribution in [0.4, 0.5) is 0 Å². The van der Waals surface area contributed by atoms with Crippen molar-refractivity contribution in [2.75, 3.05) is 0 Å². The molecular weight excluding hydrogens is 456 g/mol. The number of rotatable bonds is 9. The highest BCUT2D eigenvalue weighted by Crippen LogP contribution is 2.45. The Morgan fingerprint density at radius 2 is 1.17 bits per heavy atom. The fourth-order valence-electron chi connectivity index (χ4n) is 4.46. The van der Waals surface area contributed by atoms with Crippen LogP contribution < -0.4 is 0 Å². The fourth-order valence-corrected chi connectivity index (χ4v) is 4.46. The first-order valence-corrected chi connectivity index (χ1v) is 12.6. The number of benzene rings is 2. The highest BCUT2D eigenvalue weighted by molar-refractivity contribution is 6.34. The first-order chi connectivity index (χ1) is 17.4. The zero-order valence-electron chi connectivity index (χ0n) is 20.9. The van der Waals surface area contributed by atoms with Crippen molar-refractivity contribution in [1.82, 2.24) is 0 Å². The molecule has 6 nitrogen and oxygen atoms in total. The molecule has 0 unspecified atom stereocenters. The van der Waals surface area contributed by atoms with Crippen LogP contribution in [-0.4, -0.2) is 23.5 Å². The molecule has 186 valence electrons. The van der Waals surface area contributed by atoms with E-state index in [1.54, 1.807) is 36.4 Å². The van der Waals surface area contributed by atoms with Gasteiger partial charge in [-0.05, 0) is 30.9 Å². The fraction of sp³-hybridized carbons (Fsp3) is 0.333. The normalized spacial score (nSPS) is 14.3. The minimum atomic E-state index is -0.482. The molecule has 2 aliphatic rings. The predicted octanol–water partition coefficient (Wildman–Crippen LogP) is 6.23. The van der Waals surface area contributed by atoms with Gasteiger partial charge in [0.15, 0.2) is 23.1 Å². The van der Waals surface area contributed by atoms with Gasteiger partial charge in [0.05, 0.1) is 11.1 Å². The molecule has 2 aliphatic carbocycles. The molecule has 0 amide bonds. The third kappa shape index (κ3) is 4.68. The maximum absolute atomic E-state index is 13.8. The lowest BCUT2D eigenvalue weighted by molar-refractivity contribution is -0.137. The van der Waals surface area contributed by atoms with Crippen molar-refractivity contribution in [3.05, 3.63) is 81.4 Å². The van der Waals surface area contributed by atoms with Gasteiger partial charge in [0.1, 0.15) is 0 Å². The monoisotopic (exact) mass is 486 g/mol. The number of esters is 2. The second-order valence-electron chi connectivity index (χ2n) is 9.00. The van der Waals surface area contributed by atoms with E-state index in [-0.39, 0.29) is 35.5 Å². The Bertz CT molecular complexity index is 1310. The lowest BCUT2D eigenvalue weighted by Gasteiger charge is -2.29. The topological polar surface area (TPSA) is 86.7 Å². The van der Waals surface area contributed by atoms with Crippen molar-refractivity contribution in [3.63, 3.8) is 0 Å². The van der Waals surface area contributed by atoms with E-state index in [9.17, 15) is 19.2 Å². The Labute approximate surface area is 211 Å². The third-order valence-electron chi connectivity index (χ3n) is 6.46. The molecule has 2 aromatic carbocycles. The van der Waals surface area contributed by atoms with Crippen molar-refractivity contribution >= 4 is 35.0 Å². The van der Waals surface area contributed by atoms with Gasteiger partial charge in [-0.2, -0.15) is 0 Å². The van der Waals surface area contributed by atoms with Crippen molar-refractivity contribution in [2.24, 2.45) is 0 Å². The number of hydrogen-bond acceptors (Lipinski definition) is 6. The minimum Gasteiger partial charge on any atom is -0.425 e. The van der Waals surface area contributed by atoms with Crippen LogP contribution in [0.5, 0.6) is 0 Å². The molecule has 0 N–H and O–H groups in total. The summed E-state index contributed by atoms with van der Waals surface area (Å²) in [5.74, 6) is -1.74. The number of hydrogen-bond donors (Lipinski definition) is 0. The number of ether oxygens (including phenoxy) is 2. The summed E-state index contributed by atoms with van der Waals surface area (Å²) < 4.78 is 11.6. The van der Waals surface area contributed by atoms with E-state index < -0.39 is 23.5 Å². The Balaban J connectivity index is 1.99. The van der Waals surface area contributed by atoms with Crippen molar-refractivity contribution in [3.8, 4) is 0 Å². The number of ketones is 2. The average Bonchev–Trinajstić information content (AvgIpc) is 2.89. The molecule has 0 heterocycles. The zero-order valence-corrected chi connectivity index (χ0v) is 20.9. The average molecular weight is 487 g/mol. The Hall–Kier alpha value is -3.80. The molecule has 0 spiro atoms. The van der Waals surface area contributed by atoms with Gasteiger partial charge in [0.2, 0.25) is 0 Å². The summed E-state index contributed by atoms with van der Waals surface area (Å²) in [5, 5.41) is 0. The standard InChI is InChI=1S/C30H30O6/c1-4-7-13-23(31)35-29-21-12-10-9-11-19(21)27(33)26-25(29)28(34)20-16-15-18(6-3)17-22(20)30(26)36-24(32)14-8-5-2/h9-12,15-17H,4-8,13-14H2,1-3H3. The van der Waals surface area contributed by atoms with Gasteiger partial charge in [-0.15, -0.1) is 0 Å². The molecular formula is C30H30O6. The largest absolute Gasteiger partial charge is 0.425 e. The summed E-state index contributed by atoms with van der Waals surface area (Å²) in [4.78, 5) is 53.1. The molecule has 0 aliphatic heterocycles. The maximum Gasteiger partial charge on any atom is 0.311 e. The number of fused-ring (bicyclic) bond motifs is 3. The zero-order chi connectivity index (χ0) is 25.8. The Kier molecular flexibility index (Phi) is 7.63. The molecule has 0 fully saturated rings. The highest BCUT2D eigenvalue weighted by Gasteiger charge is 2.43. The summed E-state index contributed by atoms with van der Waals surface area (Å²) in [6.07, 6.45) is 3.98. The van der Waals surface area contributed by atoms with Crippen LogP contribution in [-0.2, 0) is 25.5 Å². The van der Waals surface area contributed by atoms with E-state index in [1.807, 2.05) is 26.8 Å². The SMILES string of the molecule is CCCCC(=O)OC1=C2C(=O)c3ccc(CC)cc3C(OC(=O)CCCC)=C2C(=O)c2ccccc21. The minimum absolute atomic E-state index is 0.0254. The summed E-state index contributed by atoms with van der Waals surface area (Å²) in [6, 6.07) is 12.0. The number of carbonyl (C=O) groups is 4. The van der Waals surface area contributed by atoms with E-state index in [0.717, 1.165) is 18.4 Å². The van der Waals surface area contributed by atoms with E-state index in [4.69, 9.17) is 9.47 Å². The number of unbranched alkanes of at least 4 members (excludes halogenated alkanes) is 2. The molecule has 0 atom stereocenters. The van der Waals surface area contributed by atoms with Gasteiger partial charge >= 0.3 is 11.9 Å². The van der Waals surface area contributed by atoms with Gasteiger partial charge in [0, 0.05) is 35.1 Å². The maximum atomic E-state index is 13.8. The third-order valence-corrected chi connectivity index (χ3v) is 6.46. The van der Waals surface area contributed by atoms with Crippen molar-refractivity contribution < 1.29 is 28.7 Å². The second-order valence-corrected chi connectivity index (χ2v) is 9.00. The summed E-state index contributed by atoms with van der Waals surface area (Å²) in [6.45, 7) is 5.92. The highest BCUT2D eigenvalue weighted by atomic mass is 16.5. The number of allylic oxidation sites excluding steroid dienone is 2. The molecule has 0 bridgehead atoms. The molecule has 0 radical (unpaired) electrons. The number of Topliss-reactive ketones (excluding diaryl/α,β-unsaturated/α-hetero) is 2. The van der Waals surface area contributed by atoms with Crippen molar-refractivity contribution in [1.29, 1.82) is 0 Å². The number of carbonyl (C=O) groups excluding carboxylic acids is 4. The molecule has 36 heavy (non-hydrogen) atoms. The summed E-state index contributed by atoms with van der Waals surface area (Å²) >= 11 is 0. The molecule has 0 aromatic heterocycles. The first-order valence-electron chi connectivity index (χ1n) is 12.6. The molecule has 6 heteroatoms. The quantitative estimate of drug-likeness (QED) is 0.391. The van der Waals surface area contributed by atoms with Crippen LogP contribution in [0.25, 0.3) is 11.5 Å². The van der Waals surface area contributed by atoms with E-state index in [0.29, 0.717) is 41.5 Å². The van der Waals surface area contributed by atoms with Crippen LogP contribution in [0.15, 0.2) is 53.6 Å². The Morgan fingerprint density at radius 3 is 1.69 bits per heavy atom. The predicted molar refractivity (Wildman–Crippen MR) is 136 cm³/mol.